The first-order chi connectivity index (χ1) is 29.8. The highest BCUT2D eigenvalue weighted by molar-refractivity contribution is 6.33. The molecular weight excluding hydrogens is 727 g/mol. The Morgan fingerprint density at radius 1 is 0.283 bits per heavy atom. The van der Waals surface area contributed by atoms with E-state index in [0.717, 1.165) is 44.1 Å². The molecule has 3 heterocycles. The van der Waals surface area contributed by atoms with Gasteiger partial charge in [0.05, 0.1) is 22.2 Å². The number of fused-ring (bicyclic) bond motifs is 17. The Kier molecular flexibility index (Phi) is 7.01. The topological polar surface area (TPSA) is 38.7 Å². The molecule has 13 aromatic rings. The summed E-state index contributed by atoms with van der Waals surface area (Å²) in [6, 6.07) is 68.4. The zero-order valence-corrected chi connectivity index (χ0v) is 32.4. The number of para-hydroxylation sites is 1. The van der Waals surface area contributed by atoms with Gasteiger partial charge in [-0.2, -0.15) is 0 Å². The summed E-state index contributed by atoms with van der Waals surface area (Å²) in [5.41, 5.74) is 9.67. The maximum absolute atomic E-state index is 5.38. The van der Waals surface area contributed by atoms with Gasteiger partial charge in [0.2, 0.25) is 0 Å². The monoisotopic (exact) mass is 759 g/mol. The van der Waals surface area contributed by atoms with Crippen LogP contribution in [0.25, 0.3) is 131 Å². The molecule has 0 aliphatic carbocycles. The van der Waals surface area contributed by atoms with Gasteiger partial charge in [-0.25, -0.2) is 4.98 Å². The minimum absolute atomic E-state index is 0.929. The quantitative estimate of drug-likeness (QED) is 0.168. The molecule has 0 saturated heterocycles. The molecule has 0 aliphatic rings. The van der Waals surface area contributed by atoms with Gasteiger partial charge in [-0.15, -0.1) is 0 Å². The van der Waals surface area contributed by atoms with Crippen LogP contribution in [0.15, 0.2) is 200 Å². The predicted octanol–water partition coefficient (Wildman–Crippen LogP) is 15.3. The third-order valence-electron chi connectivity index (χ3n) is 12.7. The molecule has 0 N–H and O–H groups in total. The smallest absolute Gasteiger partial charge is 0.0970 e. The fourth-order valence-corrected chi connectivity index (χ4v) is 9.96. The average molecular weight is 760 g/mol. The molecule has 0 atom stereocenters. The first-order valence-electron chi connectivity index (χ1n) is 20.5. The van der Waals surface area contributed by atoms with Crippen LogP contribution in [0, 0.1) is 0 Å². The summed E-state index contributed by atoms with van der Waals surface area (Å²) in [6.07, 6.45) is 3.75. The van der Waals surface area contributed by atoms with E-state index in [9.17, 15) is 0 Å². The lowest BCUT2D eigenvalue weighted by Crippen LogP contribution is -1.93. The van der Waals surface area contributed by atoms with Crippen LogP contribution >= 0.6 is 0 Å². The van der Waals surface area contributed by atoms with Crippen molar-refractivity contribution in [3.63, 3.8) is 0 Å². The van der Waals surface area contributed by atoms with Crippen molar-refractivity contribution in [1.82, 2.24) is 15.0 Å². The van der Waals surface area contributed by atoms with Crippen LogP contribution in [0.2, 0.25) is 0 Å². The first kappa shape index (κ1) is 33.0. The molecule has 0 unspecified atom stereocenters. The van der Waals surface area contributed by atoms with Crippen molar-refractivity contribution in [3.8, 4) is 33.5 Å². The lowest BCUT2D eigenvalue weighted by molar-refractivity contribution is 1.37. The highest BCUT2D eigenvalue weighted by atomic mass is 14.7. The number of nitrogens with zero attached hydrogens (tertiary/aromatic N) is 3. The van der Waals surface area contributed by atoms with E-state index < -0.39 is 0 Å². The van der Waals surface area contributed by atoms with Crippen LogP contribution in [0.3, 0.4) is 0 Å². The van der Waals surface area contributed by atoms with E-state index in [2.05, 4.69) is 182 Å². The highest BCUT2D eigenvalue weighted by Crippen LogP contribution is 2.44. The van der Waals surface area contributed by atoms with Gasteiger partial charge in [-0.1, -0.05) is 158 Å². The zero-order valence-electron chi connectivity index (χ0n) is 32.4. The van der Waals surface area contributed by atoms with Crippen molar-refractivity contribution in [2.45, 2.75) is 0 Å². The third kappa shape index (κ3) is 4.81. The van der Waals surface area contributed by atoms with Gasteiger partial charge in [-0.05, 0) is 106 Å². The number of hydrogen-bond donors (Lipinski definition) is 0. The second kappa shape index (κ2) is 12.7. The number of rotatable bonds is 3. The molecule has 3 nitrogen and oxygen atoms in total. The lowest BCUT2D eigenvalue weighted by atomic mass is 9.89. The summed E-state index contributed by atoms with van der Waals surface area (Å²) in [5, 5.41) is 18.3. The zero-order chi connectivity index (χ0) is 39.3. The maximum Gasteiger partial charge on any atom is 0.0970 e. The van der Waals surface area contributed by atoms with Crippen LogP contribution in [-0.2, 0) is 0 Å². The summed E-state index contributed by atoms with van der Waals surface area (Å²) in [6.45, 7) is 0. The lowest BCUT2D eigenvalue weighted by Gasteiger charge is -2.16. The minimum Gasteiger partial charge on any atom is -0.254 e. The fraction of sp³-hybridized carbons (Fsp3) is 0. The summed E-state index contributed by atoms with van der Waals surface area (Å²) in [5.74, 6) is 0. The van der Waals surface area contributed by atoms with Crippen molar-refractivity contribution in [2.75, 3.05) is 0 Å². The third-order valence-corrected chi connectivity index (χ3v) is 12.7. The Balaban J connectivity index is 0.959. The molecule has 3 aromatic heterocycles. The van der Waals surface area contributed by atoms with Crippen molar-refractivity contribution in [2.24, 2.45) is 0 Å². The predicted molar refractivity (Wildman–Crippen MR) is 254 cm³/mol. The fourth-order valence-electron chi connectivity index (χ4n) is 9.96. The van der Waals surface area contributed by atoms with Gasteiger partial charge >= 0.3 is 0 Å². The van der Waals surface area contributed by atoms with Crippen LogP contribution in [-0.4, -0.2) is 15.0 Å². The highest BCUT2D eigenvalue weighted by Gasteiger charge is 2.18. The van der Waals surface area contributed by atoms with Crippen molar-refractivity contribution in [3.05, 3.63) is 200 Å². The second-order valence-electron chi connectivity index (χ2n) is 15.9. The van der Waals surface area contributed by atoms with Gasteiger partial charge in [0.1, 0.15) is 0 Å². The van der Waals surface area contributed by atoms with Crippen LogP contribution in [0.4, 0.5) is 0 Å². The van der Waals surface area contributed by atoms with Gasteiger partial charge in [0, 0.05) is 44.9 Å². The van der Waals surface area contributed by atoms with Crippen LogP contribution < -0.4 is 0 Å². The largest absolute Gasteiger partial charge is 0.254 e. The normalized spacial score (nSPS) is 12.0. The molecule has 0 amide bonds. The summed E-state index contributed by atoms with van der Waals surface area (Å²) in [4.78, 5) is 14.9. The molecule has 0 radical (unpaired) electrons. The Bertz CT molecular complexity index is 3920. The molecule has 0 saturated carbocycles. The molecule has 13 rings (SSSR count). The van der Waals surface area contributed by atoms with E-state index in [1.54, 1.807) is 0 Å². The van der Waals surface area contributed by atoms with E-state index in [1.165, 1.54) is 86.7 Å². The summed E-state index contributed by atoms with van der Waals surface area (Å²) >= 11 is 0. The molecule has 60 heavy (non-hydrogen) atoms. The number of hydrogen-bond acceptors (Lipinski definition) is 3. The molecular formula is C57H33N3. The van der Waals surface area contributed by atoms with Crippen molar-refractivity contribution in [1.29, 1.82) is 0 Å². The van der Waals surface area contributed by atoms with Crippen molar-refractivity contribution >= 4 is 97.3 Å². The van der Waals surface area contributed by atoms with Gasteiger partial charge in [0.15, 0.2) is 0 Å². The van der Waals surface area contributed by atoms with E-state index >= 15 is 0 Å². The Morgan fingerprint density at radius 2 is 0.800 bits per heavy atom. The average Bonchev–Trinajstić information content (AvgIpc) is 3.33. The first-order valence-corrected chi connectivity index (χ1v) is 20.5. The molecule has 0 spiro atoms. The number of pyridine rings is 3. The van der Waals surface area contributed by atoms with Gasteiger partial charge < -0.3 is 0 Å². The standard InChI is InChI=1S/C57H33N3/c1-2-14-43-42(13-1)50-32-37(24-26-44(50)45-27-25-38(33-51(43)45)39-29-31-59-57-48(39)28-23-35-10-9-30-58-56(35)57)34-19-21-36(22-20-34)55-54-47-16-6-4-12-41(47)40-11-3-5-15-46(40)53(54)49-17-7-8-18-52(49)60-55/h1-33H. The molecule has 3 heteroatoms. The Morgan fingerprint density at radius 3 is 1.52 bits per heavy atom. The SMILES string of the molecule is c1cnc2c(c1)ccc1c(-c3ccc4c5ccc(-c6ccc(-c7nc8ccccc8c8c9ccccc9c9ccccc9c78)cc6)cc5c5ccccc5c4c3)ccnc12. The minimum atomic E-state index is 0.929. The maximum atomic E-state index is 5.38. The van der Waals surface area contributed by atoms with Crippen LogP contribution in [0.5, 0.6) is 0 Å². The number of benzene rings is 10. The Hall–Kier alpha value is -8.01. The van der Waals surface area contributed by atoms with Gasteiger partial charge in [-0.3, -0.25) is 9.97 Å². The molecule has 10 aromatic carbocycles. The number of aromatic nitrogens is 3. The summed E-state index contributed by atoms with van der Waals surface area (Å²) in [7, 11) is 0. The molecule has 0 fully saturated rings. The molecule has 276 valence electrons. The summed E-state index contributed by atoms with van der Waals surface area (Å²) < 4.78 is 0. The van der Waals surface area contributed by atoms with E-state index in [-0.39, 0.29) is 0 Å². The Labute approximate surface area is 344 Å². The van der Waals surface area contributed by atoms with Gasteiger partial charge in [0.25, 0.3) is 0 Å². The van der Waals surface area contributed by atoms with E-state index in [0.29, 0.717) is 0 Å². The van der Waals surface area contributed by atoms with E-state index in [1.807, 2.05) is 18.5 Å². The second-order valence-corrected chi connectivity index (χ2v) is 15.9. The molecule has 0 bridgehead atoms. The van der Waals surface area contributed by atoms with Crippen LogP contribution in [0.1, 0.15) is 0 Å². The molecule has 0 aliphatic heterocycles. The van der Waals surface area contributed by atoms with E-state index in [4.69, 9.17) is 15.0 Å². The van der Waals surface area contributed by atoms with Crippen molar-refractivity contribution < 1.29 is 0 Å².